The number of hydrogen-bond donors (Lipinski definition) is 1. The van der Waals surface area contributed by atoms with Crippen molar-refractivity contribution in [2.24, 2.45) is 0 Å². The summed E-state index contributed by atoms with van der Waals surface area (Å²) in [5.41, 5.74) is -5.25. The number of nitrogens with zero attached hydrogens (tertiary/aromatic N) is 2. The first-order chi connectivity index (χ1) is 10.7. The molecular formula is C13H7F4N3O3. The van der Waals surface area contributed by atoms with Gasteiger partial charge in [-0.1, -0.05) is 0 Å². The first-order valence-electron chi connectivity index (χ1n) is 5.90. The topological polar surface area (TPSA) is 87.9 Å². The quantitative estimate of drug-likeness (QED) is 0.847. The van der Waals surface area contributed by atoms with Gasteiger partial charge in [-0.2, -0.15) is 18.4 Å². The molecular weight excluding hydrogens is 322 g/mol. The molecule has 0 aliphatic heterocycles. The normalized spacial score (nSPS) is 11.1. The molecule has 23 heavy (non-hydrogen) atoms. The standard InChI is InChI=1S/C13H7F4N3O3/c1-23-9-3-8(7(14)2-6(9)5-18)20-11(21)4-10(13(15,16)17)19-12(20)22/h2-4H,1H3,(H,19,22). The highest BCUT2D eigenvalue weighted by molar-refractivity contribution is 5.51. The zero-order chi connectivity index (χ0) is 17.4. The highest BCUT2D eigenvalue weighted by Gasteiger charge is 2.33. The zero-order valence-corrected chi connectivity index (χ0v) is 11.4. The average Bonchev–Trinajstić information content (AvgIpc) is 2.46. The molecule has 2 aromatic rings. The van der Waals surface area contributed by atoms with Crippen molar-refractivity contribution >= 4 is 0 Å². The molecule has 0 saturated carbocycles. The third kappa shape index (κ3) is 2.94. The van der Waals surface area contributed by atoms with Crippen LogP contribution in [0.25, 0.3) is 5.69 Å². The van der Waals surface area contributed by atoms with Crippen molar-refractivity contribution < 1.29 is 22.3 Å². The summed E-state index contributed by atoms with van der Waals surface area (Å²) in [6.07, 6.45) is -4.93. The van der Waals surface area contributed by atoms with Crippen molar-refractivity contribution in [1.82, 2.24) is 9.55 Å². The van der Waals surface area contributed by atoms with E-state index < -0.39 is 34.6 Å². The van der Waals surface area contributed by atoms with Crippen LogP contribution in [-0.2, 0) is 6.18 Å². The number of ether oxygens (including phenoxy) is 1. The fourth-order valence-electron chi connectivity index (χ4n) is 1.85. The molecule has 10 heteroatoms. The number of nitrogens with one attached hydrogen (secondary N) is 1. The monoisotopic (exact) mass is 329 g/mol. The van der Waals surface area contributed by atoms with Gasteiger partial charge < -0.3 is 9.72 Å². The number of aromatic amines is 1. The van der Waals surface area contributed by atoms with Crippen LogP contribution in [0, 0.1) is 17.1 Å². The van der Waals surface area contributed by atoms with Gasteiger partial charge in [-0.3, -0.25) is 4.79 Å². The summed E-state index contributed by atoms with van der Waals surface area (Å²) in [5.74, 6) is -1.29. The number of alkyl halides is 3. The van der Waals surface area contributed by atoms with Gasteiger partial charge in [0.05, 0.1) is 18.4 Å². The summed E-state index contributed by atoms with van der Waals surface area (Å²) < 4.78 is 56.6. The van der Waals surface area contributed by atoms with Crippen LogP contribution < -0.4 is 16.0 Å². The first-order valence-corrected chi connectivity index (χ1v) is 5.90. The Bertz CT molecular complexity index is 891. The van der Waals surface area contributed by atoms with E-state index in [0.29, 0.717) is 6.07 Å². The molecule has 120 valence electrons. The number of aromatic nitrogens is 2. The fraction of sp³-hybridized carbons (Fsp3) is 0.154. The highest BCUT2D eigenvalue weighted by Crippen LogP contribution is 2.26. The van der Waals surface area contributed by atoms with E-state index in [0.717, 1.165) is 13.2 Å². The molecule has 0 aliphatic rings. The van der Waals surface area contributed by atoms with Gasteiger partial charge >= 0.3 is 11.9 Å². The molecule has 0 spiro atoms. The van der Waals surface area contributed by atoms with Crippen molar-refractivity contribution in [3.8, 4) is 17.5 Å². The molecule has 1 N–H and O–H groups in total. The maximum absolute atomic E-state index is 14.0. The Kier molecular flexibility index (Phi) is 3.97. The van der Waals surface area contributed by atoms with E-state index in [2.05, 4.69) is 0 Å². The lowest BCUT2D eigenvalue weighted by Crippen LogP contribution is -2.36. The van der Waals surface area contributed by atoms with Crippen LogP contribution in [0.4, 0.5) is 17.6 Å². The van der Waals surface area contributed by atoms with Gasteiger partial charge in [0.25, 0.3) is 5.56 Å². The molecule has 1 aromatic heterocycles. The summed E-state index contributed by atoms with van der Waals surface area (Å²) in [6, 6.07) is 3.35. The van der Waals surface area contributed by atoms with Gasteiger partial charge in [0, 0.05) is 12.1 Å². The third-order valence-electron chi connectivity index (χ3n) is 2.87. The van der Waals surface area contributed by atoms with E-state index in [-0.39, 0.29) is 21.9 Å². The summed E-state index contributed by atoms with van der Waals surface area (Å²) in [5, 5.41) is 8.81. The van der Waals surface area contributed by atoms with Crippen molar-refractivity contribution in [3.05, 3.63) is 56.1 Å². The van der Waals surface area contributed by atoms with Gasteiger partial charge in [0.15, 0.2) is 0 Å². The largest absolute Gasteiger partial charge is 0.495 e. The number of rotatable bonds is 2. The number of benzene rings is 1. The molecule has 0 saturated heterocycles. The molecule has 0 unspecified atom stereocenters. The summed E-state index contributed by atoms with van der Waals surface area (Å²) in [7, 11) is 1.16. The van der Waals surface area contributed by atoms with E-state index in [1.165, 1.54) is 4.98 Å². The average molecular weight is 329 g/mol. The number of nitriles is 1. The lowest BCUT2D eigenvalue weighted by atomic mass is 10.2. The predicted molar refractivity (Wildman–Crippen MR) is 68.9 cm³/mol. The van der Waals surface area contributed by atoms with Crippen LogP contribution in [0.15, 0.2) is 27.8 Å². The van der Waals surface area contributed by atoms with Crippen LogP contribution in [-0.4, -0.2) is 16.7 Å². The summed E-state index contributed by atoms with van der Waals surface area (Å²) >= 11 is 0. The van der Waals surface area contributed by atoms with Crippen LogP contribution in [0.5, 0.6) is 5.75 Å². The highest BCUT2D eigenvalue weighted by atomic mass is 19.4. The molecule has 2 rings (SSSR count). The maximum atomic E-state index is 14.0. The van der Waals surface area contributed by atoms with Crippen molar-refractivity contribution in [2.45, 2.75) is 6.18 Å². The Morgan fingerprint density at radius 1 is 1.26 bits per heavy atom. The lowest BCUT2D eigenvalue weighted by Gasteiger charge is -2.11. The van der Waals surface area contributed by atoms with Gasteiger partial charge in [0.2, 0.25) is 0 Å². The predicted octanol–water partition coefficient (Wildman–Crippen LogP) is 1.56. The van der Waals surface area contributed by atoms with Gasteiger partial charge in [0.1, 0.15) is 23.3 Å². The fourth-order valence-corrected chi connectivity index (χ4v) is 1.85. The Morgan fingerprint density at radius 2 is 1.91 bits per heavy atom. The number of hydrogen-bond acceptors (Lipinski definition) is 4. The Labute approximate surface area is 125 Å². The second kappa shape index (κ2) is 5.60. The second-order valence-corrected chi connectivity index (χ2v) is 4.28. The Morgan fingerprint density at radius 3 is 2.39 bits per heavy atom. The van der Waals surface area contributed by atoms with Gasteiger partial charge in [-0.25, -0.2) is 13.8 Å². The van der Waals surface area contributed by atoms with Crippen LogP contribution in [0.1, 0.15) is 11.3 Å². The molecule has 6 nitrogen and oxygen atoms in total. The number of methoxy groups -OCH3 is 1. The third-order valence-corrected chi connectivity index (χ3v) is 2.87. The molecule has 0 aliphatic carbocycles. The smallest absolute Gasteiger partial charge is 0.431 e. The Balaban J connectivity index is 2.77. The van der Waals surface area contributed by atoms with Gasteiger partial charge in [-0.05, 0) is 6.07 Å². The van der Waals surface area contributed by atoms with Crippen LogP contribution in [0.3, 0.4) is 0 Å². The maximum Gasteiger partial charge on any atom is 0.431 e. The second-order valence-electron chi connectivity index (χ2n) is 4.28. The van der Waals surface area contributed by atoms with Crippen molar-refractivity contribution in [2.75, 3.05) is 7.11 Å². The number of H-pyrrole nitrogens is 1. The van der Waals surface area contributed by atoms with E-state index in [1.54, 1.807) is 6.07 Å². The van der Waals surface area contributed by atoms with E-state index in [9.17, 15) is 27.2 Å². The Hall–Kier alpha value is -3.09. The van der Waals surface area contributed by atoms with E-state index >= 15 is 0 Å². The molecule has 0 bridgehead atoms. The molecule has 0 fully saturated rings. The molecule has 0 radical (unpaired) electrons. The van der Waals surface area contributed by atoms with Crippen LogP contribution >= 0.6 is 0 Å². The summed E-state index contributed by atoms with van der Waals surface area (Å²) in [6.45, 7) is 0. The van der Waals surface area contributed by atoms with Crippen molar-refractivity contribution in [3.63, 3.8) is 0 Å². The van der Waals surface area contributed by atoms with E-state index in [1.807, 2.05) is 0 Å². The molecule has 0 atom stereocenters. The van der Waals surface area contributed by atoms with Gasteiger partial charge in [-0.15, -0.1) is 0 Å². The molecule has 1 heterocycles. The minimum Gasteiger partial charge on any atom is -0.495 e. The molecule has 1 aromatic carbocycles. The molecule has 0 amide bonds. The zero-order valence-electron chi connectivity index (χ0n) is 11.4. The lowest BCUT2D eigenvalue weighted by molar-refractivity contribution is -0.141. The minimum atomic E-state index is -4.93. The number of halogens is 4. The summed E-state index contributed by atoms with van der Waals surface area (Å²) in [4.78, 5) is 25.0. The van der Waals surface area contributed by atoms with Crippen molar-refractivity contribution in [1.29, 1.82) is 5.26 Å². The van der Waals surface area contributed by atoms with E-state index in [4.69, 9.17) is 10.00 Å². The minimum absolute atomic E-state index is 0.130. The van der Waals surface area contributed by atoms with Crippen LogP contribution in [0.2, 0.25) is 0 Å². The first kappa shape index (κ1) is 16.3. The SMILES string of the molecule is COc1cc(-n2c(=O)cc(C(F)(F)F)[nH]c2=O)c(F)cc1C#N.